The first-order chi connectivity index (χ1) is 8.70. The summed E-state index contributed by atoms with van der Waals surface area (Å²) >= 11 is 0. The summed E-state index contributed by atoms with van der Waals surface area (Å²) in [5.74, 6) is -0.821. The maximum Gasteiger partial charge on any atom is 0.303 e. The van der Waals surface area contributed by atoms with E-state index in [9.17, 15) is 4.79 Å². The highest BCUT2D eigenvalue weighted by atomic mass is 16.4. The molecule has 0 unspecified atom stereocenters. The molecule has 0 radical (unpaired) electrons. The minimum absolute atomic E-state index is 0.0775. The van der Waals surface area contributed by atoms with Gasteiger partial charge in [-0.05, 0) is 18.1 Å². The van der Waals surface area contributed by atoms with Crippen LogP contribution in [0.3, 0.4) is 0 Å². The SMILES string of the molecule is CCc1ccccc1-n1cc(CCC(=O)O)nn1. The van der Waals surface area contributed by atoms with E-state index in [4.69, 9.17) is 5.11 Å². The monoisotopic (exact) mass is 245 g/mol. The highest BCUT2D eigenvalue weighted by Gasteiger charge is 2.07. The van der Waals surface area contributed by atoms with Gasteiger partial charge in [0.05, 0.1) is 24.0 Å². The van der Waals surface area contributed by atoms with E-state index in [0.29, 0.717) is 12.1 Å². The lowest BCUT2D eigenvalue weighted by atomic mass is 10.1. The Morgan fingerprint density at radius 1 is 1.39 bits per heavy atom. The number of nitrogens with zero attached hydrogens (tertiary/aromatic N) is 3. The third-order valence-corrected chi connectivity index (χ3v) is 2.76. The Bertz CT molecular complexity index is 549. The van der Waals surface area contributed by atoms with Crippen molar-refractivity contribution in [2.75, 3.05) is 0 Å². The molecule has 0 aliphatic heterocycles. The number of aryl methyl sites for hydroxylation is 2. The summed E-state index contributed by atoms with van der Waals surface area (Å²) < 4.78 is 1.70. The van der Waals surface area contributed by atoms with Crippen LogP contribution in [-0.2, 0) is 17.6 Å². The lowest BCUT2D eigenvalue weighted by Gasteiger charge is -2.05. The summed E-state index contributed by atoms with van der Waals surface area (Å²) in [6.07, 6.45) is 3.19. The summed E-state index contributed by atoms with van der Waals surface area (Å²) in [5, 5.41) is 16.7. The second-order valence-electron chi connectivity index (χ2n) is 4.03. The second kappa shape index (κ2) is 5.44. The number of hydrogen-bond acceptors (Lipinski definition) is 3. The largest absolute Gasteiger partial charge is 0.481 e. The first kappa shape index (κ1) is 12.3. The quantitative estimate of drug-likeness (QED) is 0.872. The number of carboxylic acid groups (broad SMARTS) is 1. The first-order valence-electron chi connectivity index (χ1n) is 5.92. The van der Waals surface area contributed by atoms with Crippen molar-refractivity contribution < 1.29 is 9.90 Å². The van der Waals surface area contributed by atoms with Crippen LogP contribution in [0.1, 0.15) is 24.6 Å². The van der Waals surface area contributed by atoms with Crippen LogP contribution >= 0.6 is 0 Å². The molecule has 0 spiro atoms. The summed E-state index contributed by atoms with van der Waals surface area (Å²) in [7, 11) is 0. The molecular weight excluding hydrogens is 230 g/mol. The van der Waals surface area contributed by atoms with Crippen LogP contribution in [0.25, 0.3) is 5.69 Å². The Hall–Kier alpha value is -2.17. The van der Waals surface area contributed by atoms with Crippen LogP contribution in [0.4, 0.5) is 0 Å². The molecule has 0 aliphatic carbocycles. The fraction of sp³-hybridized carbons (Fsp3) is 0.308. The van der Waals surface area contributed by atoms with Crippen molar-refractivity contribution in [2.45, 2.75) is 26.2 Å². The van der Waals surface area contributed by atoms with E-state index in [1.165, 1.54) is 5.56 Å². The second-order valence-corrected chi connectivity index (χ2v) is 4.03. The zero-order valence-electron chi connectivity index (χ0n) is 10.2. The molecule has 0 saturated carbocycles. The van der Waals surface area contributed by atoms with Crippen molar-refractivity contribution in [1.82, 2.24) is 15.0 Å². The van der Waals surface area contributed by atoms with E-state index in [2.05, 4.69) is 17.2 Å². The molecule has 94 valence electrons. The van der Waals surface area contributed by atoms with Gasteiger partial charge in [-0.2, -0.15) is 0 Å². The molecule has 0 fully saturated rings. The van der Waals surface area contributed by atoms with Gasteiger partial charge in [-0.15, -0.1) is 5.10 Å². The highest BCUT2D eigenvalue weighted by Crippen LogP contribution is 2.14. The van der Waals surface area contributed by atoms with Gasteiger partial charge < -0.3 is 5.11 Å². The Balaban J connectivity index is 2.21. The lowest BCUT2D eigenvalue weighted by Crippen LogP contribution is -1.99. The molecule has 0 amide bonds. The van der Waals surface area contributed by atoms with Gasteiger partial charge in [0, 0.05) is 6.42 Å². The molecular formula is C13H15N3O2. The van der Waals surface area contributed by atoms with E-state index in [-0.39, 0.29) is 6.42 Å². The third kappa shape index (κ3) is 2.74. The normalized spacial score (nSPS) is 10.5. The maximum absolute atomic E-state index is 10.5. The average molecular weight is 245 g/mol. The lowest BCUT2D eigenvalue weighted by molar-refractivity contribution is -0.136. The summed E-state index contributed by atoms with van der Waals surface area (Å²) in [6, 6.07) is 7.97. The molecule has 0 saturated heterocycles. The van der Waals surface area contributed by atoms with Gasteiger partial charge in [-0.1, -0.05) is 30.3 Å². The minimum atomic E-state index is -0.821. The number of para-hydroxylation sites is 1. The van der Waals surface area contributed by atoms with Crippen LogP contribution in [0.5, 0.6) is 0 Å². The van der Waals surface area contributed by atoms with Crippen molar-refractivity contribution in [1.29, 1.82) is 0 Å². The van der Waals surface area contributed by atoms with Gasteiger partial charge in [0.15, 0.2) is 0 Å². The van der Waals surface area contributed by atoms with Crippen LogP contribution < -0.4 is 0 Å². The van der Waals surface area contributed by atoms with Gasteiger partial charge in [-0.3, -0.25) is 4.79 Å². The standard InChI is InChI=1S/C13H15N3O2/c1-2-10-5-3-4-6-12(10)16-9-11(14-15-16)7-8-13(17)18/h3-6,9H,2,7-8H2,1H3,(H,17,18). The maximum atomic E-state index is 10.5. The molecule has 1 aromatic heterocycles. The van der Waals surface area contributed by atoms with Gasteiger partial charge >= 0.3 is 5.97 Å². The molecule has 1 N–H and O–H groups in total. The predicted octanol–water partition coefficient (Wildman–Crippen LogP) is 1.85. The molecule has 0 atom stereocenters. The van der Waals surface area contributed by atoms with Crippen LogP contribution in [0, 0.1) is 0 Å². The number of benzene rings is 1. The van der Waals surface area contributed by atoms with Crippen molar-refractivity contribution >= 4 is 5.97 Å². The Labute approximate surface area is 105 Å². The van der Waals surface area contributed by atoms with Gasteiger partial charge in [0.1, 0.15) is 0 Å². The molecule has 5 heteroatoms. The topological polar surface area (TPSA) is 68.0 Å². The van der Waals surface area contributed by atoms with Crippen LogP contribution in [0.15, 0.2) is 30.5 Å². The molecule has 2 rings (SSSR count). The average Bonchev–Trinajstić information content (AvgIpc) is 2.85. The van der Waals surface area contributed by atoms with Gasteiger partial charge in [-0.25, -0.2) is 4.68 Å². The van der Waals surface area contributed by atoms with Crippen LogP contribution in [0.2, 0.25) is 0 Å². The first-order valence-corrected chi connectivity index (χ1v) is 5.92. The smallest absolute Gasteiger partial charge is 0.303 e. The van der Waals surface area contributed by atoms with Crippen LogP contribution in [-0.4, -0.2) is 26.1 Å². The summed E-state index contributed by atoms with van der Waals surface area (Å²) in [5.41, 5.74) is 2.88. The highest BCUT2D eigenvalue weighted by molar-refractivity contribution is 5.66. The Kier molecular flexibility index (Phi) is 3.72. The fourth-order valence-corrected chi connectivity index (χ4v) is 1.80. The van der Waals surface area contributed by atoms with Gasteiger partial charge in [0.25, 0.3) is 0 Å². The third-order valence-electron chi connectivity index (χ3n) is 2.76. The molecule has 0 aliphatic rings. The summed E-state index contributed by atoms with van der Waals surface area (Å²) in [4.78, 5) is 10.5. The number of aliphatic carboxylic acids is 1. The molecule has 1 heterocycles. The number of carboxylic acids is 1. The summed E-state index contributed by atoms with van der Waals surface area (Å²) in [6.45, 7) is 2.08. The molecule has 2 aromatic rings. The zero-order chi connectivity index (χ0) is 13.0. The van der Waals surface area contributed by atoms with E-state index in [0.717, 1.165) is 12.1 Å². The molecule has 1 aromatic carbocycles. The van der Waals surface area contributed by atoms with E-state index >= 15 is 0 Å². The van der Waals surface area contributed by atoms with Crippen molar-refractivity contribution in [3.63, 3.8) is 0 Å². The van der Waals surface area contributed by atoms with Crippen molar-refractivity contribution in [2.24, 2.45) is 0 Å². The van der Waals surface area contributed by atoms with Crippen molar-refractivity contribution in [3.8, 4) is 5.69 Å². The van der Waals surface area contributed by atoms with E-state index in [1.54, 1.807) is 10.9 Å². The fourth-order valence-electron chi connectivity index (χ4n) is 1.80. The Morgan fingerprint density at radius 2 is 2.17 bits per heavy atom. The van der Waals surface area contributed by atoms with E-state index in [1.807, 2.05) is 24.3 Å². The van der Waals surface area contributed by atoms with Gasteiger partial charge in [0.2, 0.25) is 0 Å². The molecule has 0 bridgehead atoms. The molecule has 5 nitrogen and oxygen atoms in total. The number of rotatable bonds is 5. The number of hydrogen-bond donors (Lipinski definition) is 1. The van der Waals surface area contributed by atoms with E-state index < -0.39 is 5.97 Å². The predicted molar refractivity (Wildman–Crippen MR) is 66.7 cm³/mol. The number of carbonyl (C=O) groups is 1. The minimum Gasteiger partial charge on any atom is -0.481 e. The number of aromatic nitrogens is 3. The Morgan fingerprint density at radius 3 is 2.89 bits per heavy atom. The van der Waals surface area contributed by atoms with Crippen molar-refractivity contribution in [3.05, 3.63) is 41.7 Å². The zero-order valence-corrected chi connectivity index (χ0v) is 10.2. The molecule has 18 heavy (non-hydrogen) atoms.